The average molecular weight is 208 g/mol. The van der Waals surface area contributed by atoms with E-state index >= 15 is 0 Å². The van der Waals surface area contributed by atoms with Crippen molar-refractivity contribution in [2.75, 3.05) is 13.2 Å². The summed E-state index contributed by atoms with van der Waals surface area (Å²) in [5.74, 6) is 0.624. The number of rotatable bonds is 3. The molecule has 0 aromatic carbocycles. The fourth-order valence-corrected chi connectivity index (χ4v) is 1.56. The standard InChI is InChI=1S/C11H16N2O2/c1-2-9-3-4-11(13-12-9)15-10-5-7-14-8-6-10/h3-4,10H,2,5-8H2,1H3. The molecule has 0 N–H and O–H groups in total. The lowest BCUT2D eigenvalue weighted by molar-refractivity contribution is 0.0233. The molecule has 1 aliphatic rings. The van der Waals surface area contributed by atoms with Crippen molar-refractivity contribution in [3.8, 4) is 5.88 Å². The summed E-state index contributed by atoms with van der Waals surface area (Å²) in [5.41, 5.74) is 0.995. The minimum absolute atomic E-state index is 0.237. The van der Waals surface area contributed by atoms with Crippen molar-refractivity contribution in [2.24, 2.45) is 0 Å². The maximum Gasteiger partial charge on any atom is 0.233 e. The number of hydrogen-bond acceptors (Lipinski definition) is 4. The van der Waals surface area contributed by atoms with Crippen LogP contribution in [0.4, 0.5) is 0 Å². The van der Waals surface area contributed by atoms with Gasteiger partial charge >= 0.3 is 0 Å². The first kappa shape index (κ1) is 10.4. The minimum atomic E-state index is 0.237. The van der Waals surface area contributed by atoms with E-state index in [1.54, 1.807) is 0 Å². The Kier molecular flexibility index (Phi) is 3.50. The monoisotopic (exact) mass is 208 g/mol. The summed E-state index contributed by atoms with van der Waals surface area (Å²) in [7, 11) is 0. The Labute approximate surface area is 89.6 Å². The second kappa shape index (κ2) is 5.07. The molecule has 1 aromatic heterocycles. The summed E-state index contributed by atoms with van der Waals surface area (Å²) < 4.78 is 11.0. The Balaban J connectivity index is 1.91. The van der Waals surface area contributed by atoms with Crippen molar-refractivity contribution in [1.82, 2.24) is 10.2 Å². The van der Waals surface area contributed by atoms with Gasteiger partial charge in [-0.15, -0.1) is 5.10 Å². The SMILES string of the molecule is CCc1ccc(OC2CCOCC2)nn1. The minimum Gasteiger partial charge on any atom is -0.473 e. The van der Waals surface area contributed by atoms with E-state index in [1.165, 1.54) is 0 Å². The van der Waals surface area contributed by atoms with E-state index in [9.17, 15) is 0 Å². The zero-order chi connectivity index (χ0) is 10.5. The lowest BCUT2D eigenvalue weighted by Gasteiger charge is -2.22. The van der Waals surface area contributed by atoms with Crippen LogP contribution >= 0.6 is 0 Å². The van der Waals surface area contributed by atoms with Crippen LogP contribution in [0.2, 0.25) is 0 Å². The van der Waals surface area contributed by atoms with Crippen molar-refractivity contribution >= 4 is 0 Å². The van der Waals surface area contributed by atoms with Crippen LogP contribution in [0.3, 0.4) is 0 Å². The second-order valence-corrected chi connectivity index (χ2v) is 3.65. The van der Waals surface area contributed by atoms with E-state index < -0.39 is 0 Å². The molecule has 1 fully saturated rings. The molecular weight excluding hydrogens is 192 g/mol. The second-order valence-electron chi connectivity index (χ2n) is 3.65. The van der Waals surface area contributed by atoms with Crippen LogP contribution in [0.15, 0.2) is 12.1 Å². The van der Waals surface area contributed by atoms with Crippen LogP contribution < -0.4 is 4.74 Å². The summed E-state index contributed by atoms with van der Waals surface area (Å²) in [5, 5.41) is 8.09. The molecule has 2 rings (SSSR count). The van der Waals surface area contributed by atoms with Crippen molar-refractivity contribution in [3.63, 3.8) is 0 Å². The van der Waals surface area contributed by atoms with E-state index in [2.05, 4.69) is 17.1 Å². The van der Waals surface area contributed by atoms with Crippen molar-refractivity contribution in [1.29, 1.82) is 0 Å². The van der Waals surface area contributed by atoms with E-state index in [0.717, 1.165) is 38.2 Å². The van der Waals surface area contributed by atoms with Gasteiger partial charge in [0.05, 0.1) is 18.9 Å². The van der Waals surface area contributed by atoms with Gasteiger partial charge in [-0.2, -0.15) is 5.10 Å². The maximum atomic E-state index is 5.70. The molecule has 1 saturated heterocycles. The molecule has 82 valence electrons. The normalized spacial score (nSPS) is 17.7. The molecule has 1 aromatic rings. The average Bonchev–Trinajstić information content (AvgIpc) is 2.31. The highest BCUT2D eigenvalue weighted by molar-refractivity contribution is 5.11. The van der Waals surface area contributed by atoms with Gasteiger partial charge in [-0.05, 0) is 12.5 Å². The first-order valence-electron chi connectivity index (χ1n) is 5.45. The molecule has 2 heterocycles. The largest absolute Gasteiger partial charge is 0.473 e. The lowest BCUT2D eigenvalue weighted by Crippen LogP contribution is -2.26. The molecule has 0 unspecified atom stereocenters. The van der Waals surface area contributed by atoms with E-state index in [-0.39, 0.29) is 6.10 Å². The third-order valence-electron chi connectivity index (χ3n) is 2.51. The predicted octanol–water partition coefficient (Wildman–Crippen LogP) is 1.60. The fourth-order valence-electron chi connectivity index (χ4n) is 1.56. The Bertz CT molecular complexity index is 294. The van der Waals surface area contributed by atoms with Gasteiger partial charge in [0, 0.05) is 18.9 Å². The zero-order valence-electron chi connectivity index (χ0n) is 8.98. The highest BCUT2D eigenvalue weighted by Gasteiger charge is 2.15. The molecule has 0 aliphatic carbocycles. The van der Waals surface area contributed by atoms with Gasteiger partial charge in [0.25, 0.3) is 0 Å². The van der Waals surface area contributed by atoms with Crippen LogP contribution in [-0.2, 0) is 11.2 Å². The smallest absolute Gasteiger partial charge is 0.233 e. The number of nitrogens with zero attached hydrogens (tertiary/aromatic N) is 2. The molecule has 0 bridgehead atoms. The highest BCUT2D eigenvalue weighted by atomic mass is 16.5. The van der Waals surface area contributed by atoms with Gasteiger partial charge in [-0.25, -0.2) is 0 Å². The van der Waals surface area contributed by atoms with Gasteiger partial charge < -0.3 is 9.47 Å². The van der Waals surface area contributed by atoms with Gasteiger partial charge in [-0.3, -0.25) is 0 Å². The number of hydrogen-bond donors (Lipinski definition) is 0. The molecule has 4 heteroatoms. The first-order valence-corrected chi connectivity index (χ1v) is 5.45. The van der Waals surface area contributed by atoms with E-state index in [1.807, 2.05) is 12.1 Å². The van der Waals surface area contributed by atoms with Gasteiger partial charge in [-0.1, -0.05) is 6.92 Å². The molecule has 0 spiro atoms. The van der Waals surface area contributed by atoms with Crippen LogP contribution in [-0.4, -0.2) is 29.5 Å². The maximum absolute atomic E-state index is 5.70. The van der Waals surface area contributed by atoms with Crippen molar-refractivity contribution in [2.45, 2.75) is 32.3 Å². The van der Waals surface area contributed by atoms with Crippen molar-refractivity contribution < 1.29 is 9.47 Å². The van der Waals surface area contributed by atoms with Gasteiger partial charge in [0.1, 0.15) is 6.10 Å². The van der Waals surface area contributed by atoms with Gasteiger partial charge in [0.2, 0.25) is 5.88 Å². The Morgan fingerprint density at radius 2 is 2.13 bits per heavy atom. The van der Waals surface area contributed by atoms with E-state index in [0.29, 0.717) is 5.88 Å². The molecule has 1 aliphatic heterocycles. The molecule has 0 amide bonds. The summed E-state index contributed by atoms with van der Waals surface area (Å²) in [6, 6.07) is 3.85. The highest BCUT2D eigenvalue weighted by Crippen LogP contribution is 2.14. The third-order valence-corrected chi connectivity index (χ3v) is 2.51. The Morgan fingerprint density at radius 3 is 2.73 bits per heavy atom. The topological polar surface area (TPSA) is 44.2 Å². The number of aryl methyl sites for hydroxylation is 1. The molecule has 4 nitrogen and oxygen atoms in total. The summed E-state index contributed by atoms with van der Waals surface area (Å²) >= 11 is 0. The number of aromatic nitrogens is 2. The quantitative estimate of drug-likeness (QED) is 0.756. The summed E-state index contributed by atoms with van der Waals surface area (Å²) in [4.78, 5) is 0. The van der Waals surface area contributed by atoms with E-state index in [4.69, 9.17) is 9.47 Å². The molecular formula is C11H16N2O2. The number of ether oxygens (including phenoxy) is 2. The van der Waals surface area contributed by atoms with Crippen molar-refractivity contribution in [3.05, 3.63) is 17.8 Å². The van der Waals surface area contributed by atoms with Crippen LogP contribution in [0.1, 0.15) is 25.5 Å². The molecule has 0 radical (unpaired) electrons. The van der Waals surface area contributed by atoms with Crippen LogP contribution in [0.25, 0.3) is 0 Å². The molecule has 0 atom stereocenters. The summed E-state index contributed by atoms with van der Waals surface area (Å²) in [6.45, 7) is 3.62. The van der Waals surface area contributed by atoms with Gasteiger partial charge in [0.15, 0.2) is 0 Å². The zero-order valence-corrected chi connectivity index (χ0v) is 8.98. The third kappa shape index (κ3) is 2.89. The Hall–Kier alpha value is -1.16. The molecule has 0 saturated carbocycles. The van der Waals surface area contributed by atoms with Crippen LogP contribution in [0.5, 0.6) is 5.88 Å². The fraction of sp³-hybridized carbons (Fsp3) is 0.636. The predicted molar refractivity (Wildman–Crippen MR) is 55.9 cm³/mol. The molecule has 15 heavy (non-hydrogen) atoms. The lowest BCUT2D eigenvalue weighted by atomic mass is 10.1. The summed E-state index contributed by atoms with van der Waals surface area (Å²) in [6.07, 6.45) is 3.03. The van der Waals surface area contributed by atoms with Crippen LogP contribution in [0, 0.1) is 0 Å². The first-order chi connectivity index (χ1) is 7.38. The Morgan fingerprint density at radius 1 is 1.33 bits per heavy atom.